The maximum atomic E-state index is 12.5. The van der Waals surface area contributed by atoms with E-state index >= 15 is 0 Å². The van der Waals surface area contributed by atoms with Crippen molar-refractivity contribution in [3.63, 3.8) is 0 Å². The minimum Gasteiger partial charge on any atom is -0.368 e. The number of ether oxygens (including phenoxy) is 1. The number of pyridine rings is 1. The van der Waals surface area contributed by atoms with Crippen molar-refractivity contribution in [1.29, 1.82) is 0 Å². The number of fused-ring (bicyclic) bond motifs is 1. The molecular formula is C19H19N3O2. The lowest BCUT2D eigenvalue weighted by Gasteiger charge is -2.29. The van der Waals surface area contributed by atoms with E-state index in [4.69, 9.17) is 4.74 Å². The van der Waals surface area contributed by atoms with Gasteiger partial charge in [-0.2, -0.15) is 0 Å². The van der Waals surface area contributed by atoms with Crippen molar-refractivity contribution in [3.05, 3.63) is 72.2 Å². The van der Waals surface area contributed by atoms with Crippen molar-refractivity contribution in [2.75, 3.05) is 13.2 Å². The molecule has 5 heteroatoms. The van der Waals surface area contributed by atoms with Crippen LogP contribution < -0.4 is 5.32 Å². The zero-order chi connectivity index (χ0) is 16.4. The van der Waals surface area contributed by atoms with Crippen LogP contribution in [-0.2, 0) is 10.3 Å². The molecule has 1 aliphatic heterocycles. The van der Waals surface area contributed by atoms with Gasteiger partial charge in [-0.1, -0.05) is 36.4 Å². The second kappa shape index (κ2) is 6.09. The van der Waals surface area contributed by atoms with Crippen molar-refractivity contribution in [2.24, 2.45) is 0 Å². The molecule has 2 aromatic heterocycles. The summed E-state index contributed by atoms with van der Waals surface area (Å²) in [6, 6.07) is 15.8. The molecule has 0 radical (unpaired) electrons. The molecule has 1 aromatic carbocycles. The molecule has 1 atom stereocenters. The predicted octanol–water partition coefficient (Wildman–Crippen LogP) is 2.77. The second-order valence-corrected chi connectivity index (χ2v) is 6.09. The fourth-order valence-electron chi connectivity index (χ4n) is 3.27. The minimum atomic E-state index is -0.434. The molecule has 3 heterocycles. The summed E-state index contributed by atoms with van der Waals surface area (Å²) < 4.78 is 7.87. The fourth-order valence-corrected chi connectivity index (χ4v) is 3.27. The van der Waals surface area contributed by atoms with Crippen LogP contribution in [0.1, 0.15) is 28.9 Å². The molecule has 122 valence electrons. The molecule has 5 nitrogen and oxygen atoms in total. The Labute approximate surface area is 140 Å². The minimum absolute atomic E-state index is 0.176. The van der Waals surface area contributed by atoms with Gasteiger partial charge in [0.05, 0.1) is 6.54 Å². The summed E-state index contributed by atoms with van der Waals surface area (Å²) in [5.41, 5.74) is 1.86. The number of hydrogen-bond acceptors (Lipinski definition) is 3. The van der Waals surface area contributed by atoms with E-state index in [2.05, 4.69) is 22.4 Å². The highest BCUT2D eigenvalue weighted by Crippen LogP contribution is 2.35. The first-order chi connectivity index (χ1) is 11.8. The van der Waals surface area contributed by atoms with Gasteiger partial charge in [0.1, 0.15) is 16.9 Å². The summed E-state index contributed by atoms with van der Waals surface area (Å²) in [6.07, 6.45) is 5.53. The summed E-state index contributed by atoms with van der Waals surface area (Å²) in [6.45, 7) is 1.17. The Hall–Kier alpha value is -2.66. The SMILES string of the molecule is O=C(NCC1(c2ccccc2)CCCO1)c1cn2ccccc2n1. The van der Waals surface area contributed by atoms with Crippen LogP contribution >= 0.6 is 0 Å². The van der Waals surface area contributed by atoms with Crippen LogP contribution in [0.15, 0.2) is 60.9 Å². The highest BCUT2D eigenvalue weighted by molar-refractivity contribution is 5.92. The largest absolute Gasteiger partial charge is 0.368 e. The third kappa shape index (κ3) is 2.67. The number of carbonyl (C=O) groups excluding carboxylic acids is 1. The third-order valence-corrected chi connectivity index (χ3v) is 4.53. The summed E-state index contributed by atoms with van der Waals surface area (Å²) in [4.78, 5) is 16.9. The van der Waals surface area contributed by atoms with Crippen LogP contribution in [0, 0.1) is 0 Å². The van der Waals surface area contributed by atoms with E-state index in [0.29, 0.717) is 12.2 Å². The quantitative estimate of drug-likeness (QED) is 0.804. The molecule has 1 saturated heterocycles. The van der Waals surface area contributed by atoms with Crippen molar-refractivity contribution >= 4 is 11.6 Å². The first-order valence-corrected chi connectivity index (χ1v) is 8.18. The summed E-state index contributed by atoms with van der Waals surface area (Å²) in [5, 5.41) is 3.00. The maximum Gasteiger partial charge on any atom is 0.271 e. The molecule has 3 aromatic rings. The van der Waals surface area contributed by atoms with E-state index < -0.39 is 5.60 Å². The standard InChI is InChI=1S/C19H19N3O2/c23-18(16-13-22-11-5-4-9-17(22)21-16)20-14-19(10-6-12-24-19)15-7-2-1-3-8-15/h1-5,7-9,11,13H,6,10,12,14H2,(H,20,23). The molecule has 0 bridgehead atoms. The molecule has 1 amide bonds. The van der Waals surface area contributed by atoms with Crippen molar-refractivity contribution in [2.45, 2.75) is 18.4 Å². The normalized spacial score (nSPS) is 20.3. The molecule has 0 aliphatic carbocycles. The molecule has 0 saturated carbocycles. The van der Waals surface area contributed by atoms with Crippen LogP contribution in [-0.4, -0.2) is 28.4 Å². The number of carbonyl (C=O) groups is 1. The van der Waals surface area contributed by atoms with Gasteiger partial charge in [0.2, 0.25) is 0 Å². The van der Waals surface area contributed by atoms with E-state index in [1.807, 2.05) is 47.0 Å². The molecule has 1 fully saturated rings. The predicted molar refractivity (Wildman–Crippen MR) is 90.8 cm³/mol. The molecule has 4 rings (SSSR count). The van der Waals surface area contributed by atoms with Crippen molar-refractivity contribution in [3.8, 4) is 0 Å². The Morgan fingerprint density at radius 3 is 2.79 bits per heavy atom. The Bertz CT molecular complexity index is 818. The van der Waals surface area contributed by atoms with Crippen LogP contribution in [0.25, 0.3) is 5.65 Å². The first kappa shape index (κ1) is 14.9. The number of hydrogen-bond donors (Lipinski definition) is 1. The lowest BCUT2D eigenvalue weighted by Crippen LogP contribution is -2.40. The van der Waals surface area contributed by atoms with E-state index in [1.54, 1.807) is 6.20 Å². The number of aromatic nitrogens is 2. The summed E-state index contributed by atoms with van der Waals surface area (Å²) >= 11 is 0. The van der Waals surface area contributed by atoms with E-state index in [-0.39, 0.29) is 5.91 Å². The second-order valence-electron chi connectivity index (χ2n) is 6.09. The summed E-state index contributed by atoms with van der Waals surface area (Å²) in [7, 11) is 0. The Morgan fingerprint density at radius 2 is 2.04 bits per heavy atom. The van der Waals surface area contributed by atoms with Crippen LogP contribution in [0.2, 0.25) is 0 Å². The van der Waals surface area contributed by atoms with Crippen LogP contribution in [0.5, 0.6) is 0 Å². The van der Waals surface area contributed by atoms with Gasteiger partial charge in [0.15, 0.2) is 0 Å². The van der Waals surface area contributed by atoms with Gasteiger partial charge in [-0.25, -0.2) is 4.98 Å². The highest BCUT2D eigenvalue weighted by atomic mass is 16.5. The average molecular weight is 321 g/mol. The number of nitrogens with one attached hydrogen (secondary N) is 1. The number of nitrogens with zero attached hydrogens (tertiary/aromatic N) is 2. The first-order valence-electron chi connectivity index (χ1n) is 8.18. The number of rotatable bonds is 4. The highest BCUT2D eigenvalue weighted by Gasteiger charge is 2.37. The van der Waals surface area contributed by atoms with Gasteiger partial charge < -0.3 is 14.5 Å². The fraction of sp³-hybridized carbons (Fsp3) is 0.263. The van der Waals surface area contributed by atoms with E-state index in [1.165, 1.54) is 0 Å². The molecule has 24 heavy (non-hydrogen) atoms. The van der Waals surface area contributed by atoms with Gasteiger partial charge in [-0.3, -0.25) is 4.79 Å². The third-order valence-electron chi connectivity index (χ3n) is 4.53. The van der Waals surface area contributed by atoms with Crippen molar-refractivity contribution in [1.82, 2.24) is 14.7 Å². The molecular weight excluding hydrogens is 302 g/mol. The lowest BCUT2D eigenvalue weighted by atomic mass is 9.90. The Balaban J connectivity index is 1.53. The van der Waals surface area contributed by atoms with Gasteiger partial charge in [0.25, 0.3) is 5.91 Å². The zero-order valence-electron chi connectivity index (χ0n) is 13.3. The van der Waals surface area contributed by atoms with Crippen LogP contribution in [0.4, 0.5) is 0 Å². The van der Waals surface area contributed by atoms with Crippen LogP contribution in [0.3, 0.4) is 0 Å². The van der Waals surface area contributed by atoms with E-state index in [9.17, 15) is 4.79 Å². The zero-order valence-corrected chi connectivity index (χ0v) is 13.3. The number of benzene rings is 1. The van der Waals surface area contributed by atoms with Gasteiger partial charge >= 0.3 is 0 Å². The molecule has 1 N–H and O–H groups in total. The number of imidazole rings is 1. The molecule has 0 spiro atoms. The summed E-state index contributed by atoms with van der Waals surface area (Å²) in [5.74, 6) is -0.176. The van der Waals surface area contributed by atoms with E-state index in [0.717, 1.165) is 30.7 Å². The lowest BCUT2D eigenvalue weighted by molar-refractivity contribution is 0.00132. The van der Waals surface area contributed by atoms with Gasteiger partial charge in [0, 0.05) is 19.0 Å². The maximum absolute atomic E-state index is 12.5. The topological polar surface area (TPSA) is 55.6 Å². The Morgan fingerprint density at radius 1 is 1.21 bits per heavy atom. The molecule has 1 aliphatic rings. The van der Waals surface area contributed by atoms with Gasteiger partial charge in [-0.15, -0.1) is 0 Å². The Kier molecular flexibility index (Phi) is 3.78. The number of amides is 1. The smallest absolute Gasteiger partial charge is 0.271 e. The van der Waals surface area contributed by atoms with Gasteiger partial charge in [-0.05, 0) is 30.5 Å². The molecule has 1 unspecified atom stereocenters. The monoisotopic (exact) mass is 321 g/mol. The van der Waals surface area contributed by atoms with Crippen molar-refractivity contribution < 1.29 is 9.53 Å². The average Bonchev–Trinajstić information content (AvgIpc) is 3.28.